The Hall–Kier alpha value is -1.60. The lowest BCUT2D eigenvalue weighted by Crippen LogP contribution is -2.47. The molecule has 1 nitrogen and oxygen atoms in total. The smallest absolute Gasteiger partial charge is 0.0204 e. The second-order valence-corrected chi connectivity index (χ2v) is 6.62. The SMILES string of the molecule is CNC1(C)CCC(c2ccccc2)(c2ccccc2)CC1. The molecule has 0 unspecified atom stereocenters. The maximum absolute atomic E-state index is 3.52. The fourth-order valence-corrected chi connectivity index (χ4v) is 3.74. The van der Waals surface area contributed by atoms with Gasteiger partial charge < -0.3 is 5.32 Å². The van der Waals surface area contributed by atoms with E-state index in [0.717, 1.165) is 0 Å². The van der Waals surface area contributed by atoms with Crippen molar-refractivity contribution in [3.8, 4) is 0 Å². The largest absolute Gasteiger partial charge is 0.315 e. The third-order valence-corrected chi connectivity index (χ3v) is 5.46. The molecule has 0 amide bonds. The molecule has 1 saturated carbocycles. The number of hydrogen-bond donors (Lipinski definition) is 1. The molecule has 1 N–H and O–H groups in total. The molecule has 3 rings (SSSR count). The Kier molecular flexibility index (Phi) is 3.86. The molecular formula is C20H25N. The van der Waals surface area contributed by atoms with Gasteiger partial charge in [0.15, 0.2) is 0 Å². The third kappa shape index (κ3) is 2.63. The van der Waals surface area contributed by atoms with Crippen LogP contribution in [0.25, 0.3) is 0 Å². The minimum atomic E-state index is 0.179. The minimum absolute atomic E-state index is 0.179. The summed E-state index contributed by atoms with van der Waals surface area (Å²) in [7, 11) is 2.10. The lowest BCUT2D eigenvalue weighted by atomic mass is 9.61. The zero-order valence-corrected chi connectivity index (χ0v) is 13.1. The number of hydrogen-bond acceptors (Lipinski definition) is 1. The van der Waals surface area contributed by atoms with Gasteiger partial charge in [0.05, 0.1) is 0 Å². The molecule has 0 saturated heterocycles. The van der Waals surface area contributed by atoms with Crippen LogP contribution in [-0.4, -0.2) is 12.6 Å². The van der Waals surface area contributed by atoms with E-state index in [2.05, 4.69) is 80.0 Å². The first-order valence-corrected chi connectivity index (χ1v) is 7.99. The molecule has 0 heterocycles. The molecule has 1 aliphatic carbocycles. The van der Waals surface area contributed by atoms with Crippen molar-refractivity contribution < 1.29 is 0 Å². The maximum Gasteiger partial charge on any atom is 0.0204 e. The van der Waals surface area contributed by atoms with Crippen LogP contribution in [0.15, 0.2) is 60.7 Å². The molecule has 21 heavy (non-hydrogen) atoms. The van der Waals surface area contributed by atoms with E-state index in [0.29, 0.717) is 0 Å². The van der Waals surface area contributed by atoms with E-state index >= 15 is 0 Å². The van der Waals surface area contributed by atoms with Gasteiger partial charge in [0.25, 0.3) is 0 Å². The molecule has 2 aromatic rings. The van der Waals surface area contributed by atoms with Gasteiger partial charge in [0.1, 0.15) is 0 Å². The Bertz CT molecular complexity index is 524. The van der Waals surface area contributed by atoms with Gasteiger partial charge in [-0.3, -0.25) is 0 Å². The van der Waals surface area contributed by atoms with E-state index in [1.165, 1.54) is 36.8 Å². The molecule has 110 valence electrons. The van der Waals surface area contributed by atoms with E-state index in [1.807, 2.05) is 0 Å². The Balaban J connectivity index is 2.02. The predicted octanol–water partition coefficient (Wildman–Crippen LogP) is 4.52. The summed E-state index contributed by atoms with van der Waals surface area (Å²) in [5.74, 6) is 0. The molecule has 0 bridgehead atoms. The molecule has 0 aromatic heterocycles. The number of benzene rings is 2. The van der Waals surface area contributed by atoms with Crippen molar-refractivity contribution in [3.05, 3.63) is 71.8 Å². The second-order valence-electron chi connectivity index (χ2n) is 6.62. The van der Waals surface area contributed by atoms with Crippen LogP contribution in [0.1, 0.15) is 43.7 Å². The minimum Gasteiger partial charge on any atom is -0.315 e. The molecule has 0 spiro atoms. The Morgan fingerprint density at radius 3 is 1.52 bits per heavy atom. The third-order valence-electron chi connectivity index (χ3n) is 5.46. The highest BCUT2D eigenvalue weighted by Crippen LogP contribution is 2.47. The van der Waals surface area contributed by atoms with Crippen molar-refractivity contribution in [1.29, 1.82) is 0 Å². The van der Waals surface area contributed by atoms with Crippen LogP contribution in [0.5, 0.6) is 0 Å². The lowest BCUT2D eigenvalue weighted by Gasteiger charge is -2.46. The summed E-state index contributed by atoms with van der Waals surface area (Å²) in [6, 6.07) is 22.1. The summed E-state index contributed by atoms with van der Waals surface area (Å²) < 4.78 is 0. The van der Waals surface area contributed by atoms with Gasteiger partial charge in [0.2, 0.25) is 0 Å². The summed E-state index contributed by atoms with van der Waals surface area (Å²) in [5.41, 5.74) is 3.40. The van der Waals surface area contributed by atoms with E-state index in [9.17, 15) is 0 Å². The standard InChI is InChI=1S/C20H25N/c1-19(21-2)13-15-20(16-14-19,17-9-5-3-6-10-17)18-11-7-4-8-12-18/h3-12,21H,13-16H2,1-2H3. The number of nitrogens with one attached hydrogen (secondary N) is 1. The predicted molar refractivity (Wildman–Crippen MR) is 89.6 cm³/mol. The Morgan fingerprint density at radius 2 is 1.14 bits per heavy atom. The summed E-state index contributed by atoms with van der Waals surface area (Å²) in [4.78, 5) is 0. The Labute approximate surface area is 128 Å². The van der Waals surface area contributed by atoms with Crippen molar-refractivity contribution in [2.75, 3.05) is 7.05 Å². The molecule has 1 aliphatic rings. The Morgan fingerprint density at radius 1 is 0.714 bits per heavy atom. The first-order valence-electron chi connectivity index (χ1n) is 7.99. The van der Waals surface area contributed by atoms with Crippen LogP contribution >= 0.6 is 0 Å². The van der Waals surface area contributed by atoms with Gasteiger partial charge in [-0.2, -0.15) is 0 Å². The highest BCUT2D eigenvalue weighted by atomic mass is 14.9. The average Bonchev–Trinajstić information content (AvgIpc) is 2.57. The molecule has 2 aromatic carbocycles. The van der Waals surface area contributed by atoms with Crippen molar-refractivity contribution in [3.63, 3.8) is 0 Å². The summed E-state index contributed by atoms with van der Waals surface area (Å²) in [5, 5.41) is 3.52. The molecule has 1 fully saturated rings. The summed E-state index contributed by atoms with van der Waals surface area (Å²) in [6.07, 6.45) is 4.84. The van der Waals surface area contributed by atoms with Gasteiger partial charge in [-0.1, -0.05) is 60.7 Å². The quantitative estimate of drug-likeness (QED) is 0.870. The van der Waals surface area contributed by atoms with Crippen molar-refractivity contribution in [2.24, 2.45) is 0 Å². The van der Waals surface area contributed by atoms with E-state index < -0.39 is 0 Å². The van der Waals surface area contributed by atoms with Crippen LogP contribution in [0, 0.1) is 0 Å². The molecule has 0 atom stereocenters. The summed E-state index contributed by atoms with van der Waals surface area (Å²) >= 11 is 0. The van der Waals surface area contributed by atoms with Crippen LogP contribution < -0.4 is 5.32 Å². The van der Waals surface area contributed by atoms with Crippen molar-refractivity contribution >= 4 is 0 Å². The molecule has 0 radical (unpaired) electrons. The monoisotopic (exact) mass is 279 g/mol. The first kappa shape index (κ1) is 14.3. The molecule has 0 aliphatic heterocycles. The lowest BCUT2D eigenvalue weighted by molar-refractivity contribution is 0.210. The van der Waals surface area contributed by atoms with E-state index in [4.69, 9.17) is 0 Å². The van der Waals surface area contributed by atoms with Crippen molar-refractivity contribution in [2.45, 2.75) is 43.6 Å². The van der Waals surface area contributed by atoms with Crippen LogP contribution in [0.2, 0.25) is 0 Å². The van der Waals surface area contributed by atoms with Crippen LogP contribution in [-0.2, 0) is 5.41 Å². The highest BCUT2D eigenvalue weighted by molar-refractivity contribution is 5.40. The van der Waals surface area contributed by atoms with E-state index in [-0.39, 0.29) is 11.0 Å². The van der Waals surface area contributed by atoms with Gasteiger partial charge in [-0.25, -0.2) is 0 Å². The van der Waals surface area contributed by atoms with Gasteiger partial charge in [-0.15, -0.1) is 0 Å². The summed E-state index contributed by atoms with van der Waals surface area (Å²) in [6.45, 7) is 2.35. The first-order chi connectivity index (χ1) is 10.2. The highest BCUT2D eigenvalue weighted by Gasteiger charge is 2.41. The zero-order chi connectivity index (χ0) is 14.8. The maximum atomic E-state index is 3.52. The second kappa shape index (κ2) is 5.65. The number of rotatable bonds is 3. The van der Waals surface area contributed by atoms with Crippen LogP contribution in [0.3, 0.4) is 0 Å². The normalized spacial score (nSPS) is 20.1. The van der Waals surface area contributed by atoms with E-state index in [1.54, 1.807) is 0 Å². The topological polar surface area (TPSA) is 12.0 Å². The molecule has 1 heteroatoms. The fraction of sp³-hybridized carbons (Fsp3) is 0.400. The fourth-order valence-electron chi connectivity index (χ4n) is 3.74. The van der Waals surface area contributed by atoms with Gasteiger partial charge in [0, 0.05) is 11.0 Å². The van der Waals surface area contributed by atoms with Crippen LogP contribution in [0.4, 0.5) is 0 Å². The van der Waals surface area contributed by atoms with Gasteiger partial charge >= 0.3 is 0 Å². The zero-order valence-electron chi connectivity index (χ0n) is 13.1. The molecular weight excluding hydrogens is 254 g/mol. The van der Waals surface area contributed by atoms with Gasteiger partial charge in [-0.05, 0) is 50.8 Å². The average molecular weight is 279 g/mol. The van der Waals surface area contributed by atoms with Crippen molar-refractivity contribution in [1.82, 2.24) is 5.32 Å².